The Kier molecular flexibility index (Phi) is 10.3. The molecule has 0 saturated carbocycles. The molecule has 0 fully saturated rings. The third kappa shape index (κ3) is 6.76. The molecule has 79 heavy (non-hydrogen) atoms. The van der Waals surface area contributed by atoms with Crippen molar-refractivity contribution in [3.8, 4) is 63.0 Å². The van der Waals surface area contributed by atoms with Crippen molar-refractivity contribution in [2.24, 2.45) is 4.99 Å². The van der Waals surface area contributed by atoms with Gasteiger partial charge in [-0.15, -0.1) is 0 Å². The minimum Gasteiger partial charge on any atom is -0.310 e. The molecule has 0 N–H and O–H groups in total. The van der Waals surface area contributed by atoms with E-state index in [0.717, 1.165) is 98.7 Å². The highest BCUT2D eigenvalue weighted by atomic mass is 15.1. The molecule has 0 saturated heterocycles. The first-order valence-corrected chi connectivity index (χ1v) is 25.9. The van der Waals surface area contributed by atoms with Gasteiger partial charge in [0.05, 0.1) is 85.5 Å². The molecule has 370 valence electrons. The van der Waals surface area contributed by atoms with Crippen molar-refractivity contribution < 1.29 is 0 Å². The molecule has 0 aliphatic rings. The van der Waals surface area contributed by atoms with Crippen LogP contribution in [0.4, 0.5) is 0 Å². The van der Waals surface area contributed by atoms with Crippen LogP contribution in [0.15, 0.2) is 224 Å². The van der Waals surface area contributed by atoms with Gasteiger partial charge in [-0.25, -0.2) is 15.0 Å². The number of aliphatic imine (C=N–C) groups is 1. The Labute approximate surface area is 451 Å². The number of nitriles is 1. The van der Waals surface area contributed by atoms with Crippen LogP contribution in [-0.4, -0.2) is 54.9 Å². The molecule has 8 aromatic heterocycles. The second-order valence-corrected chi connectivity index (χ2v) is 19.4. The number of nitrogens with zero attached hydrogens (tertiary/aromatic N) is 12. The Balaban J connectivity index is 1.31. The lowest BCUT2D eigenvalue weighted by Gasteiger charge is -2.29. The van der Waals surface area contributed by atoms with E-state index in [0.29, 0.717) is 51.3 Å². The molecule has 0 unspecified atom stereocenters. The number of aromatic nitrogens is 10. The molecule has 0 atom stereocenters. The van der Waals surface area contributed by atoms with Crippen molar-refractivity contribution in [2.75, 3.05) is 0 Å². The average Bonchev–Trinajstić information content (AvgIpc) is 4.36. The summed E-state index contributed by atoms with van der Waals surface area (Å²) in [6.45, 7) is 5.92. The smallest absolute Gasteiger partial charge is 0.168 e. The molecule has 0 spiro atoms. The first-order chi connectivity index (χ1) is 39.1. The lowest BCUT2D eigenvalue weighted by atomic mass is 9.97. The van der Waals surface area contributed by atoms with Gasteiger partial charge in [0.1, 0.15) is 11.6 Å². The molecule has 0 aliphatic carbocycles. The van der Waals surface area contributed by atoms with E-state index in [-0.39, 0.29) is 0 Å². The van der Waals surface area contributed by atoms with Crippen LogP contribution in [0.3, 0.4) is 0 Å². The van der Waals surface area contributed by atoms with Crippen molar-refractivity contribution in [1.29, 1.82) is 5.26 Å². The summed E-state index contributed by atoms with van der Waals surface area (Å²) < 4.78 is 8.97. The second kappa shape index (κ2) is 18.0. The van der Waals surface area contributed by atoms with Crippen LogP contribution >= 0.6 is 0 Å². The van der Waals surface area contributed by atoms with Gasteiger partial charge in [-0.3, -0.25) is 19.9 Å². The zero-order chi connectivity index (χ0) is 52.7. The van der Waals surface area contributed by atoms with Gasteiger partial charge in [0.25, 0.3) is 0 Å². The van der Waals surface area contributed by atoms with E-state index < -0.39 is 0 Å². The van der Waals surface area contributed by atoms with Gasteiger partial charge in [-0.1, -0.05) is 133 Å². The van der Waals surface area contributed by atoms with Gasteiger partial charge in [0.2, 0.25) is 0 Å². The normalized spacial score (nSPS) is 11.8. The number of hydrogen-bond donors (Lipinski definition) is 0. The maximum atomic E-state index is 12.8. The SMILES string of the molecule is C=N/C=C\c1c(C)n(-c2c(C#N)c(-n3c4ccccc4c4ccncc43)c(-n3c4ccccc4c4ccncc43)c(-c3nc(-c4ccccc4)nc(-c4ccccc4)n3)c2-n2c3ccccc3c3ccncc32)c2ccccc12. The summed E-state index contributed by atoms with van der Waals surface area (Å²) in [5.41, 5.74) is 12.7. The summed E-state index contributed by atoms with van der Waals surface area (Å²) in [6.07, 6.45) is 14.9. The first-order valence-electron chi connectivity index (χ1n) is 25.9. The standard InChI is InChI=1S/C67H42N12/c1-41-44(29-33-69-2)45-21-9-13-25-53(45)76(41)61-52(37-68)62(77-54-26-14-10-22-46(54)49-30-34-70-38-57(49)77)64(79-56-28-16-12-24-48(56)51-32-36-72-40-59(51)79)60(63(61)78-55-27-15-11-23-47(55)50-31-35-71-39-58(50)78)67-74-65(42-17-5-3-6-18-42)73-66(75-67)43-19-7-4-8-20-43/h3-36,38-40H,2H2,1H3/b33-29-. The monoisotopic (exact) mass is 1010 g/mol. The van der Waals surface area contributed by atoms with Crippen molar-refractivity contribution in [3.63, 3.8) is 0 Å². The number of pyridine rings is 3. The zero-order valence-corrected chi connectivity index (χ0v) is 42.4. The van der Waals surface area contributed by atoms with Crippen molar-refractivity contribution in [3.05, 3.63) is 236 Å². The molecule has 15 aromatic rings. The van der Waals surface area contributed by atoms with Gasteiger partial charge < -0.3 is 18.3 Å². The van der Waals surface area contributed by atoms with Crippen LogP contribution in [0.25, 0.3) is 139 Å². The predicted molar refractivity (Wildman–Crippen MR) is 317 cm³/mol. The fraction of sp³-hybridized carbons (Fsp3) is 0.0149. The van der Waals surface area contributed by atoms with E-state index in [9.17, 15) is 5.26 Å². The van der Waals surface area contributed by atoms with Crippen LogP contribution in [-0.2, 0) is 0 Å². The minimum absolute atomic E-state index is 0.360. The van der Waals surface area contributed by atoms with E-state index in [2.05, 4.69) is 134 Å². The van der Waals surface area contributed by atoms with Crippen LogP contribution < -0.4 is 0 Å². The van der Waals surface area contributed by atoms with E-state index in [1.165, 1.54) is 0 Å². The number of fused-ring (bicyclic) bond motifs is 10. The maximum Gasteiger partial charge on any atom is 0.168 e. The van der Waals surface area contributed by atoms with E-state index in [1.54, 1.807) is 6.20 Å². The zero-order valence-electron chi connectivity index (χ0n) is 42.4. The summed E-state index contributed by atoms with van der Waals surface area (Å²) >= 11 is 0. The Morgan fingerprint density at radius 3 is 1.23 bits per heavy atom. The van der Waals surface area contributed by atoms with Gasteiger partial charge in [-0.2, -0.15) is 5.26 Å². The third-order valence-electron chi connectivity index (χ3n) is 15.3. The van der Waals surface area contributed by atoms with Crippen molar-refractivity contribution in [1.82, 2.24) is 48.2 Å². The van der Waals surface area contributed by atoms with Crippen LogP contribution in [0.1, 0.15) is 16.8 Å². The van der Waals surface area contributed by atoms with Gasteiger partial charge in [0, 0.05) is 84.9 Å². The Morgan fingerprint density at radius 2 is 0.785 bits per heavy atom. The number of para-hydroxylation sites is 4. The number of hydrogen-bond acceptors (Lipinski definition) is 8. The van der Waals surface area contributed by atoms with Gasteiger partial charge in [0.15, 0.2) is 17.5 Å². The molecule has 15 rings (SSSR count). The molecule has 12 heteroatoms. The Bertz CT molecular complexity index is 4850. The fourth-order valence-corrected chi connectivity index (χ4v) is 12.0. The van der Waals surface area contributed by atoms with Crippen molar-refractivity contribution in [2.45, 2.75) is 6.92 Å². The van der Waals surface area contributed by atoms with Gasteiger partial charge in [-0.05, 0) is 62.2 Å². The summed E-state index contributed by atoms with van der Waals surface area (Å²) in [6, 6.07) is 62.6. The molecule has 0 bridgehead atoms. The molecule has 8 heterocycles. The quantitative estimate of drug-likeness (QED) is 0.131. The van der Waals surface area contributed by atoms with Crippen LogP contribution in [0.2, 0.25) is 0 Å². The molecule has 12 nitrogen and oxygen atoms in total. The van der Waals surface area contributed by atoms with Crippen molar-refractivity contribution >= 4 is 89.1 Å². The lowest BCUT2D eigenvalue weighted by molar-refractivity contribution is 0.980. The molecular formula is C67H42N12. The highest BCUT2D eigenvalue weighted by molar-refractivity contribution is 6.15. The maximum absolute atomic E-state index is 12.8. The van der Waals surface area contributed by atoms with Crippen LogP contribution in [0, 0.1) is 18.3 Å². The van der Waals surface area contributed by atoms with E-state index in [1.807, 2.05) is 128 Å². The lowest BCUT2D eigenvalue weighted by Crippen LogP contribution is -2.18. The Hall–Kier alpha value is -11.2. The topological polar surface area (TPSA) is 133 Å². The number of rotatable bonds is 9. The summed E-state index contributed by atoms with van der Waals surface area (Å²) in [5.74, 6) is 1.29. The fourth-order valence-electron chi connectivity index (χ4n) is 12.0. The molecule has 0 amide bonds. The summed E-state index contributed by atoms with van der Waals surface area (Å²) in [7, 11) is 0. The third-order valence-corrected chi connectivity index (χ3v) is 15.3. The van der Waals surface area contributed by atoms with Crippen LogP contribution in [0.5, 0.6) is 0 Å². The average molecular weight is 1020 g/mol. The molecule has 7 aromatic carbocycles. The Morgan fingerprint density at radius 1 is 0.418 bits per heavy atom. The summed E-state index contributed by atoms with van der Waals surface area (Å²) in [5, 5.41) is 19.7. The second-order valence-electron chi connectivity index (χ2n) is 19.4. The molecular weight excluding hydrogens is 973 g/mol. The first kappa shape index (κ1) is 45.3. The predicted octanol–water partition coefficient (Wildman–Crippen LogP) is 15.1. The largest absolute Gasteiger partial charge is 0.310 e. The minimum atomic E-state index is 0.360. The highest BCUT2D eigenvalue weighted by Crippen LogP contribution is 2.51. The van der Waals surface area contributed by atoms with Gasteiger partial charge >= 0.3 is 0 Å². The van der Waals surface area contributed by atoms with E-state index >= 15 is 0 Å². The highest BCUT2D eigenvalue weighted by Gasteiger charge is 2.36. The number of benzene rings is 7. The molecule has 0 aliphatic heterocycles. The molecule has 0 radical (unpaired) electrons. The summed E-state index contributed by atoms with van der Waals surface area (Å²) in [4.78, 5) is 35.4. The van der Waals surface area contributed by atoms with E-state index in [4.69, 9.17) is 29.9 Å².